The predicted molar refractivity (Wildman–Crippen MR) is 145 cm³/mol. The van der Waals surface area contributed by atoms with Gasteiger partial charge in [-0.3, -0.25) is 9.59 Å². The van der Waals surface area contributed by atoms with E-state index in [-0.39, 0.29) is 22.9 Å². The lowest BCUT2D eigenvalue weighted by molar-refractivity contribution is 0.0908. The summed E-state index contributed by atoms with van der Waals surface area (Å²) in [5, 5.41) is 18.9. The average Bonchev–Trinajstić information content (AvgIpc) is 2.75. The predicted octanol–water partition coefficient (Wildman–Crippen LogP) is 5.59. The first-order valence-corrected chi connectivity index (χ1v) is 12.9. The van der Waals surface area contributed by atoms with Crippen molar-refractivity contribution in [3.05, 3.63) is 77.4 Å². The van der Waals surface area contributed by atoms with Crippen molar-refractivity contribution < 1.29 is 14.7 Å². The van der Waals surface area contributed by atoms with Crippen molar-refractivity contribution in [2.24, 2.45) is 0 Å². The second kappa shape index (κ2) is 10.8. The number of amides is 2. The molecule has 3 aromatic carbocycles. The highest BCUT2D eigenvalue weighted by Gasteiger charge is 2.22. The van der Waals surface area contributed by atoms with Crippen LogP contribution in [0, 0.1) is 0 Å². The zero-order chi connectivity index (χ0) is 25.8. The maximum Gasteiger partial charge on any atom is 0.252 e. The van der Waals surface area contributed by atoms with Gasteiger partial charge in [-0.05, 0) is 76.4 Å². The van der Waals surface area contributed by atoms with E-state index in [1.807, 2.05) is 96.1 Å². The number of aliphatic hydroxyl groups excluding tert-OH is 1. The smallest absolute Gasteiger partial charge is 0.252 e. The molecule has 6 heteroatoms. The van der Waals surface area contributed by atoms with Gasteiger partial charge in [0.1, 0.15) is 0 Å². The number of thioether (sulfide) groups is 1. The van der Waals surface area contributed by atoms with Crippen molar-refractivity contribution in [3.8, 4) is 0 Å². The van der Waals surface area contributed by atoms with E-state index < -0.39 is 6.10 Å². The van der Waals surface area contributed by atoms with Gasteiger partial charge in [-0.1, -0.05) is 48.5 Å². The Bertz CT molecular complexity index is 1210. The fourth-order valence-corrected chi connectivity index (χ4v) is 4.83. The monoisotopic (exact) mass is 492 g/mol. The van der Waals surface area contributed by atoms with E-state index >= 15 is 0 Å². The van der Waals surface area contributed by atoms with Gasteiger partial charge >= 0.3 is 0 Å². The summed E-state index contributed by atoms with van der Waals surface area (Å²) in [6, 6.07) is 19.1. The van der Waals surface area contributed by atoms with Crippen molar-refractivity contribution in [1.29, 1.82) is 0 Å². The number of carbonyl (C=O) groups excluding carboxylic acids is 2. The van der Waals surface area contributed by atoms with Gasteiger partial charge in [0.2, 0.25) is 0 Å². The van der Waals surface area contributed by atoms with Gasteiger partial charge in [-0.2, -0.15) is 0 Å². The highest BCUT2D eigenvalue weighted by Crippen LogP contribution is 2.27. The van der Waals surface area contributed by atoms with Gasteiger partial charge in [-0.25, -0.2) is 0 Å². The Morgan fingerprint density at radius 3 is 2.11 bits per heavy atom. The topological polar surface area (TPSA) is 78.4 Å². The number of hydrogen-bond donors (Lipinski definition) is 3. The van der Waals surface area contributed by atoms with Crippen LogP contribution in [0.3, 0.4) is 0 Å². The van der Waals surface area contributed by atoms with Crippen LogP contribution in [0.15, 0.2) is 65.6 Å². The minimum Gasteiger partial charge on any atom is -0.392 e. The first-order valence-electron chi connectivity index (χ1n) is 11.9. The van der Waals surface area contributed by atoms with Crippen molar-refractivity contribution >= 4 is 34.3 Å². The zero-order valence-electron chi connectivity index (χ0n) is 21.4. The van der Waals surface area contributed by atoms with Gasteiger partial charge in [0, 0.05) is 21.7 Å². The molecule has 0 unspecified atom stereocenters. The van der Waals surface area contributed by atoms with Crippen LogP contribution in [0.2, 0.25) is 0 Å². The molecule has 0 spiro atoms. The molecule has 1 atom stereocenters. The lowest BCUT2D eigenvalue weighted by Gasteiger charge is -2.23. The van der Waals surface area contributed by atoms with Crippen LogP contribution in [0.4, 0.5) is 0 Å². The van der Waals surface area contributed by atoms with Gasteiger partial charge in [-0.15, -0.1) is 11.8 Å². The number of nitrogens with one attached hydrogen (secondary N) is 2. The van der Waals surface area contributed by atoms with Crippen LogP contribution in [-0.4, -0.2) is 39.9 Å². The number of rotatable bonds is 7. The summed E-state index contributed by atoms with van der Waals surface area (Å²) >= 11 is 1.45. The number of benzene rings is 3. The molecule has 186 valence electrons. The van der Waals surface area contributed by atoms with Crippen molar-refractivity contribution in [3.63, 3.8) is 0 Å². The third kappa shape index (κ3) is 7.58. The second-order valence-corrected chi connectivity index (χ2v) is 12.0. The van der Waals surface area contributed by atoms with Crippen LogP contribution in [0.25, 0.3) is 10.8 Å². The Balaban J connectivity index is 1.80. The molecule has 35 heavy (non-hydrogen) atoms. The number of fused-ring (bicyclic) bond motifs is 1. The minimum atomic E-state index is -0.693. The molecule has 0 heterocycles. The van der Waals surface area contributed by atoms with Crippen LogP contribution in [0.1, 0.15) is 67.8 Å². The lowest BCUT2D eigenvalue weighted by atomic mass is 9.94. The summed E-state index contributed by atoms with van der Waals surface area (Å²) in [7, 11) is 0. The molecule has 2 amide bonds. The number of aliphatic hydroxyl groups is 1. The van der Waals surface area contributed by atoms with E-state index in [4.69, 9.17) is 0 Å². The van der Waals surface area contributed by atoms with Crippen LogP contribution < -0.4 is 10.6 Å². The van der Waals surface area contributed by atoms with Gasteiger partial charge < -0.3 is 15.7 Å². The molecule has 3 rings (SSSR count). The normalized spacial score (nSPS) is 12.9. The first kappa shape index (κ1) is 26.8. The molecule has 0 bridgehead atoms. The molecule has 5 nitrogen and oxygen atoms in total. The fourth-order valence-electron chi connectivity index (χ4n) is 3.84. The molecule has 3 aromatic rings. The first-order chi connectivity index (χ1) is 16.3. The third-order valence-electron chi connectivity index (χ3n) is 5.24. The molecule has 0 aliphatic carbocycles. The molecule has 0 aliphatic heterocycles. The molecule has 0 fully saturated rings. The Hall–Kier alpha value is -2.83. The summed E-state index contributed by atoms with van der Waals surface area (Å²) in [6.07, 6.45) is -0.359. The zero-order valence-corrected chi connectivity index (χ0v) is 22.3. The van der Waals surface area contributed by atoms with Crippen LogP contribution in [-0.2, 0) is 6.42 Å². The summed E-state index contributed by atoms with van der Waals surface area (Å²) in [5.41, 5.74) is 1.28. The largest absolute Gasteiger partial charge is 0.392 e. The molecule has 0 aliphatic rings. The van der Waals surface area contributed by atoms with Gasteiger partial charge in [0.15, 0.2) is 0 Å². The lowest BCUT2D eigenvalue weighted by Crippen LogP contribution is -2.41. The molecule has 3 N–H and O–H groups in total. The van der Waals surface area contributed by atoms with E-state index in [1.165, 1.54) is 11.8 Å². The Labute approximate surface area is 212 Å². The highest BCUT2D eigenvalue weighted by atomic mass is 32.2. The summed E-state index contributed by atoms with van der Waals surface area (Å²) < 4.78 is 0. The maximum absolute atomic E-state index is 13.2. The molecular weight excluding hydrogens is 456 g/mol. The van der Waals surface area contributed by atoms with E-state index in [1.54, 1.807) is 6.07 Å². The molecular formula is C29H36N2O3S. The Morgan fingerprint density at radius 2 is 1.43 bits per heavy atom. The Morgan fingerprint density at radius 1 is 0.829 bits per heavy atom. The second-order valence-electron chi connectivity index (χ2n) is 10.9. The number of hydrogen-bond acceptors (Lipinski definition) is 4. The fraction of sp³-hybridized carbons (Fsp3) is 0.379. The third-order valence-corrected chi connectivity index (χ3v) is 6.46. The van der Waals surface area contributed by atoms with Gasteiger partial charge in [0.05, 0.1) is 17.2 Å². The van der Waals surface area contributed by atoms with Crippen LogP contribution >= 0.6 is 11.8 Å². The summed E-state index contributed by atoms with van der Waals surface area (Å²) in [6.45, 7) is 11.7. The standard InChI is InChI=1S/C29H36N2O3S/c1-28(2,3)30-26(33)23-13-9-10-14-24(23)35-18-21(32)17-20-16-15-19-11-7-8-12-22(19)25(20)27(34)31-29(4,5)6/h7-16,21,32H,17-18H2,1-6H3,(H,30,33)(H,31,34)/t21-/m0/s1. The van der Waals surface area contributed by atoms with E-state index in [2.05, 4.69) is 10.6 Å². The van der Waals surface area contributed by atoms with Crippen molar-refractivity contribution in [2.45, 2.75) is 70.0 Å². The quantitative estimate of drug-likeness (QED) is 0.376. The minimum absolute atomic E-state index is 0.134. The molecule has 0 saturated carbocycles. The van der Waals surface area contributed by atoms with Crippen molar-refractivity contribution in [1.82, 2.24) is 10.6 Å². The molecule has 0 saturated heterocycles. The highest BCUT2D eigenvalue weighted by molar-refractivity contribution is 7.99. The molecule has 0 radical (unpaired) electrons. The Kier molecular flexibility index (Phi) is 8.29. The van der Waals surface area contributed by atoms with Crippen molar-refractivity contribution in [2.75, 3.05) is 5.75 Å². The van der Waals surface area contributed by atoms with E-state index in [0.29, 0.717) is 23.3 Å². The van der Waals surface area contributed by atoms with Crippen LogP contribution in [0.5, 0.6) is 0 Å². The average molecular weight is 493 g/mol. The summed E-state index contributed by atoms with van der Waals surface area (Å²) in [4.78, 5) is 26.8. The SMILES string of the molecule is CC(C)(C)NC(=O)c1ccccc1SC[C@@H](O)Cc1ccc2ccccc2c1C(=O)NC(C)(C)C. The number of carbonyl (C=O) groups is 2. The van der Waals surface area contributed by atoms with E-state index in [0.717, 1.165) is 21.2 Å². The summed E-state index contributed by atoms with van der Waals surface area (Å²) in [5.74, 6) is 0.117. The van der Waals surface area contributed by atoms with E-state index in [9.17, 15) is 14.7 Å². The van der Waals surface area contributed by atoms with Gasteiger partial charge in [0.25, 0.3) is 11.8 Å². The molecule has 0 aromatic heterocycles. The maximum atomic E-state index is 13.2.